The summed E-state index contributed by atoms with van der Waals surface area (Å²) < 4.78 is 11.4. The minimum absolute atomic E-state index is 0.00464. The van der Waals surface area contributed by atoms with Crippen LogP contribution in [0.4, 0.5) is 0 Å². The SMILES string of the molecule is BC1COCC(=O)N1Cc1ccc(COc2cccc3c2CN(C2CCC(=O)NC2=O)C3=O)cc1. The summed E-state index contributed by atoms with van der Waals surface area (Å²) in [7, 11) is 1.98. The molecule has 0 aromatic heterocycles. The zero-order valence-corrected chi connectivity index (χ0v) is 19.5. The third kappa shape index (κ3) is 4.66. The molecule has 2 aromatic rings. The van der Waals surface area contributed by atoms with E-state index in [0.717, 1.165) is 16.7 Å². The van der Waals surface area contributed by atoms with E-state index >= 15 is 0 Å². The van der Waals surface area contributed by atoms with Crippen molar-refractivity contribution in [2.24, 2.45) is 0 Å². The molecule has 3 heterocycles. The Bertz CT molecular complexity index is 1180. The minimum atomic E-state index is -0.658. The van der Waals surface area contributed by atoms with E-state index in [9.17, 15) is 19.2 Å². The first-order valence-corrected chi connectivity index (χ1v) is 11.7. The summed E-state index contributed by atoms with van der Waals surface area (Å²) in [4.78, 5) is 52.2. The van der Waals surface area contributed by atoms with Crippen molar-refractivity contribution in [3.63, 3.8) is 0 Å². The monoisotopic (exact) mass is 475 g/mol. The lowest BCUT2D eigenvalue weighted by molar-refractivity contribution is -0.145. The van der Waals surface area contributed by atoms with Crippen molar-refractivity contribution >= 4 is 31.5 Å². The lowest BCUT2D eigenvalue weighted by atomic mass is 9.93. The van der Waals surface area contributed by atoms with Crippen LogP contribution in [0.1, 0.15) is 39.9 Å². The Morgan fingerprint density at radius 3 is 2.57 bits per heavy atom. The van der Waals surface area contributed by atoms with Gasteiger partial charge in [-0.25, -0.2) is 0 Å². The lowest BCUT2D eigenvalue weighted by Crippen LogP contribution is -2.52. The van der Waals surface area contributed by atoms with Crippen LogP contribution in [0.2, 0.25) is 0 Å². The van der Waals surface area contributed by atoms with E-state index < -0.39 is 11.9 Å². The second-order valence-corrected chi connectivity index (χ2v) is 9.17. The van der Waals surface area contributed by atoms with E-state index in [1.165, 1.54) is 4.90 Å². The number of imide groups is 1. The number of benzene rings is 2. The highest BCUT2D eigenvalue weighted by molar-refractivity contribution is 6.13. The highest BCUT2D eigenvalue weighted by atomic mass is 16.5. The normalized spacial score (nSPS) is 22.3. The van der Waals surface area contributed by atoms with Crippen molar-refractivity contribution in [3.05, 3.63) is 64.7 Å². The van der Waals surface area contributed by atoms with Crippen LogP contribution in [0.5, 0.6) is 5.75 Å². The molecule has 0 bridgehead atoms. The van der Waals surface area contributed by atoms with Gasteiger partial charge in [-0.3, -0.25) is 24.5 Å². The summed E-state index contributed by atoms with van der Waals surface area (Å²) in [6.45, 7) is 1.79. The smallest absolute Gasteiger partial charge is 0.255 e. The highest BCUT2D eigenvalue weighted by Gasteiger charge is 2.40. The summed E-state index contributed by atoms with van der Waals surface area (Å²) in [6.07, 6.45) is 0.538. The molecule has 2 atom stereocenters. The Balaban J connectivity index is 1.23. The van der Waals surface area contributed by atoms with Crippen molar-refractivity contribution < 1.29 is 28.7 Å². The Morgan fingerprint density at radius 1 is 1.06 bits per heavy atom. The fraction of sp³-hybridized carbons (Fsp3) is 0.360. The number of carbonyl (C=O) groups is 4. The van der Waals surface area contributed by atoms with Crippen LogP contribution in [0, 0.1) is 0 Å². The predicted molar refractivity (Wildman–Crippen MR) is 127 cm³/mol. The Morgan fingerprint density at radius 2 is 1.83 bits per heavy atom. The number of ether oxygens (including phenoxy) is 2. The second-order valence-electron chi connectivity index (χ2n) is 9.17. The molecule has 1 N–H and O–H groups in total. The van der Waals surface area contributed by atoms with Gasteiger partial charge in [-0.05, 0) is 29.7 Å². The quantitative estimate of drug-likeness (QED) is 0.478. The topological polar surface area (TPSA) is 105 Å². The van der Waals surface area contributed by atoms with Crippen LogP contribution >= 0.6 is 0 Å². The van der Waals surface area contributed by atoms with Crippen LogP contribution < -0.4 is 10.1 Å². The van der Waals surface area contributed by atoms with Gasteiger partial charge < -0.3 is 19.3 Å². The van der Waals surface area contributed by atoms with E-state index in [0.29, 0.717) is 37.5 Å². The number of amides is 4. The average Bonchev–Trinajstić information content (AvgIpc) is 3.18. The number of fused-ring (bicyclic) bond motifs is 1. The number of hydrogen-bond acceptors (Lipinski definition) is 6. The van der Waals surface area contributed by atoms with Crippen LogP contribution in [-0.4, -0.2) is 66.5 Å². The number of nitrogens with zero attached hydrogens (tertiary/aromatic N) is 2. The number of rotatable bonds is 6. The maximum absolute atomic E-state index is 13.0. The van der Waals surface area contributed by atoms with Crippen LogP contribution in [-0.2, 0) is 38.8 Å². The maximum atomic E-state index is 13.0. The fourth-order valence-electron chi connectivity index (χ4n) is 4.77. The molecule has 2 fully saturated rings. The molecule has 2 saturated heterocycles. The van der Waals surface area contributed by atoms with Gasteiger partial charge in [0.1, 0.15) is 32.9 Å². The molecule has 5 rings (SSSR count). The van der Waals surface area contributed by atoms with Crippen LogP contribution in [0.3, 0.4) is 0 Å². The van der Waals surface area contributed by atoms with Gasteiger partial charge in [-0.2, -0.15) is 0 Å². The van der Waals surface area contributed by atoms with Crippen molar-refractivity contribution in [3.8, 4) is 5.75 Å². The summed E-state index contributed by atoms with van der Waals surface area (Å²) in [5.41, 5.74) is 3.26. The van der Waals surface area contributed by atoms with Crippen molar-refractivity contribution in [2.75, 3.05) is 13.2 Å². The number of nitrogens with one attached hydrogen (secondary N) is 1. The second kappa shape index (κ2) is 9.54. The van der Waals surface area contributed by atoms with E-state index in [1.54, 1.807) is 12.1 Å². The Labute approximate surface area is 203 Å². The fourth-order valence-corrected chi connectivity index (χ4v) is 4.77. The van der Waals surface area contributed by atoms with Gasteiger partial charge in [0, 0.05) is 30.0 Å². The molecular weight excluding hydrogens is 449 g/mol. The van der Waals surface area contributed by atoms with Gasteiger partial charge >= 0.3 is 0 Å². The minimum Gasteiger partial charge on any atom is -0.489 e. The zero-order chi connectivity index (χ0) is 24.5. The molecule has 180 valence electrons. The third-order valence-electron chi connectivity index (χ3n) is 6.75. The average molecular weight is 475 g/mol. The molecule has 0 aliphatic carbocycles. The largest absolute Gasteiger partial charge is 0.489 e. The molecule has 0 spiro atoms. The molecule has 9 nitrogen and oxygen atoms in total. The van der Waals surface area contributed by atoms with E-state index in [2.05, 4.69) is 5.32 Å². The first-order valence-electron chi connectivity index (χ1n) is 11.7. The lowest BCUT2D eigenvalue weighted by Gasteiger charge is -2.33. The van der Waals surface area contributed by atoms with E-state index in [4.69, 9.17) is 9.47 Å². The summed E-state index contributed by atoms with van der Waals surface area (Å²) in [5.74, 6) is -0.329. The summed E-state index contributed by atoms with van der Waals surface area (Å²) in [5, 5.41) is 2.32. The van der Waals surface area contributed by atoms with Gasteiger partial charge in [-0.15, -0.1) is 0 Å². The molecule has 35 heavy (non-hydrogen) atoms. The maximum Gasteiger partial charge on any atom is 0.255 e. The highest BCUT2D eigenvalue weighted by Crippen LogP contribution is 2.34. The summed E-state index contributed by atoms with van der Waals surface area (Å²) in [6, 6.07) is 12.6. The van der Waals surface area contributed by atoms with Crippen molar-refractivity contribution in [1.82, 2.24) is 15.1 Å². The first kappa shape index (κ1) is 23.1. The van der Waals surface area contributed by atoms with E-state index in [1.807, 2.05) is 43.1 Å². The molecule has 10 heteroatoms. The molecule has 0 saturated carbocycles. The number of hydrogen-bond donors (Lipinski definition) is 1. The van der Waals surface area contributed by atoms with E-state index in [-0.39, 0.29) is 43.2 Å². The first-order chi connectivity index (χ1) is 16.9. The van der Waals surface area contributed by atoms with Crippen LogP contribution in [0.15, 0.2) is 42.5 Å². The molecule has 0 radical (unpaired) electrons. The van der Waals surface area contributed by atoms with Crippen molar-refractivity contribution in [1.29, 1.82) is 0 Å². The standard InChI is InChI=1S/C25H26BN3O6/c26-21-13-34-14-23(31)29(21)10-15-4-6-16(7-5-15)12-35-20-3-1-2-17-18(20)11-28(25(17)33)19-8-9-22(30)27-24(19)32/h1-7,19,21H,8-14,26H2,(H,27,30,32). The van der Waals surface area contributed by atoms with Crippen molar-refractivity contribution in [2.45, 2.75) is 44.5 Å². The molecule has 2 unspecified atom stereocenters. The molecular formula is C25H26BN3O6. The predicted octanol–water partition coefficient (Wildman–Crippen LogP) is 0.345. The van der Waals surface area contributed by atoms with Gasteiger partial charge in [0.2, 0.25) is 17.7 Å². The Kier molecular flexibility index (Phi) is 6.30. The number of carbonyl (C=O) groups excluding carboxylic acids is 4. The zero-order valence-electron chi connectivity index (χ0n) is 19.5. The van der Waals surface area contributed by atoms with Gasteiger partial charge in [0.05, 0.1) is 13.2 Å². The summed E-state index contributed by atoms with van der Waals surface area (Å²) >= 11 is 0. The van der Waals surface area contributed by atoms with Crippen LogP contribution in [0.25, 0.3) is 0 Å². The third-order valence-corrected chi connectivity index (χ3v) is 6.75. The number of piperidine rings is 1. The Hall–Kier alpha value is -3.66. The van der Waals surface area contributed by atoms with Gasteiger partial charge in [0.25, 0.3) is 5.91 Å². The molecule has 4 amide bonds. The molecule has 3 aliphatic heterocycles. The van der Waals surface area contributed by atoms with Gasteiger partial charge in [-0.1, -0.05) is 30.3 Å². The van der Waals surface area contributed by atoms with Gasteiger partial charge in [0.15, 0.2) is 0 Å². The molecule has 2 aromatic carbocycles. The molecule has 3 aliphatic rings. The number of morpholine rings is 1.